The maximum absolute atomic E-state index is 12.7. The smallest absolute Gasteiger partial charge is 0.242 e. The summed E-state index contributed by atoms with van der Waals surface area (Å²) in [4.78, 5) is -0.158. The van der Waals surface area contributed by atoms with Gasteiger partial charge in [0.05, 0.1) is 33.5 Å². The first-order chi connectivity index (χ1) is 12.8. The van der Waals surface area contributed by atoms with Gasteiger partial charge in [-0.2, -0.15) is 0 Å². The van der Waals surface area contributed by atoms with Crippen LogP contribution >= 0.6 is 23.2 Å². The lowest BCUT2D eigenvalue weighted by atomic mass is 10.1. The number of methoxy groups -OCH3 is 4. The Morgan fingerprint density at radius 3 is 1.96 bits per heavy atom. The van der Waals surface area contributed by atoms with E-state index in [1.807, 2.05) is 0 Å². The third-order valence-electron chi connectivity index (χ3n) is 3.76. The van der Waals surface area contributed by atoms with Crippen LogP contribution in [0.15, 0.2) is 29.2 Å². The van der Waals surface area contributed by atoms with Crippen LogP contribution in [0.5, 0.6) is 23.0 Å². The monoisotopic (exact) mass is 435 g/mol. The molecule has 0 atom stereocenters. The predicted molar refractivity (Wildman–Crippen MR) is 103 cm³/mol. The average molecular weight is 436 g/mol. The number of benzene rings is 2. The highest BCUT2D eigenvalue weighted by atomic mass is 35.5. The van der Waals surface area contributed by atoms with Gasteiger partial charge in [-0.15, -0.1) is 0 Å². The van der Waals surface area contributed by atoms with E-state index in [2.05, 4.69) is 4.72 Å². The molecule has 0 fully saturated rings. The minimum Gasteiger partial charge on any atom is -0.495 e. The number of nitrogens with one attached hydrogen (secondary N) is 1. The molecule has 0 saturated heterocycles. The molecule has 148 valence electrons. The van der Waals surface area contributed by atoms with E-state index >= 15 is 0 Å². The molecule has 0 aliphatic heterocycles. The van der Waals surface area contributed by atoms with Crippen molar-refractivity contribution < 1.29 is 27.4 Å². The quantitative estimate of drug-likeness (QED) is 0.682. The molecule has 0 amide bonds. The molecule has 0 unspecified atom stereocenters. The Labute approximate surface area is 168 Å². The molecule has 0 aliphatic rings. The molecule has 2 aromatic carbocycles. The molecule has 0 radical (unpaired) electrons. The second-order valence-electron chi connectivity index (χ2n) is 5.21. The van der Waals surface area contributed by atoms with Gasteiger partial charge < -0.3 is 18.9 Å². The van der Waals surface area contributed by atoms with Gasteiger partial charge >= 0.3 is 0 Å². The third-order valence-corrected chi connectivity index (χ3v) is 6.18. The molecule has 2 aromatic rings. The normalized spacial score (nSPS) is 11.2. The zero-order valence-electron chi connectivity index (χ0n) is 15.1. The average Bonchev–Trinajstić information content (AvgIpc) is 2.67. The summed E-state index contributed by atoms with van der Waals surface area (Å²) >= 11 is 12.1. The van der Waals surface area contributed by atoms with Crippen LogP contribution in [0.4, 0.5) is 0 Å². The summed E-state index contributed by atoms with van der Waals surface area (Å²) in [5.74, 6) is 1.47. The second kappa shape index (κ2) is 8.88. The maximum atomic E-state index is 12.7. The van der Waals surface area contributed by atoms with Crippen molar-refractivity contribution in [3.8, 4) is 23.0 Å². The molecular weight excluding hydrogens is 417 g/mol. The molecule has 10 heteroatoms. The Bertz CT molecular complexity index is 934. The fourth-order valence-corrected chi connectivity index (χ4v) is 4.28. The lowest BCUT2D eigenvalue weighted by Crippen LogP contribution is -2.24. The molecule has 0 bridgehead atoms. The molecule has 2 rings (SSSR count). The van der Waals surface area contributed by atoms with E-state index in [0.29, 0.717) is 22.8 Å². The van der Waals surface area contributed by atoms with Crippen LogP contribution in [0.25, 0.3) is 0 Å². The van der Waals surface area contributed by atoms with E-state index in [9.17, 15) is 8.42 Å². The van der Waals surface area contributed by atoms with Crippen molar-refractivity contribution in [2.45, 2.75) is 11.4 Å². The fraction of sp³-hybridized carbons (Fsp3) is 0.294. The third kappa shape index (κ3) is 4.35. The van der Waals surface area contributed by atoms with Gasteiger partial charge in [0.25, 0.3) is 0 Å². The van der Waals surface area contributed by atoms with Crippen molar-refractivity contribution in [3.63, 3.8) is 0 Å². The van der Waals surface area contributed by atoms with Crippen molar-refractivity contribution in [2.75, 3.05) is 28.4 Å². The van der Waals surface area contributed by atoms with Crippen molar-refractivity contribution >= 4 is 33.2 Å². The van der Waals surface area contributed by atoms with Gasteiger partial charge in [-0.05, 0) is 18.2 Å². The van der Waals surface area contributed by atoms with Crippen molar-refractivity contribution in [1.82, 2.24) is 4.72 Å². The van der Waals surface area contributed by atoms with E-state index in [1.165, 1.54) is 40.6 Å². The Kier molecular flexibility index (Phi) is 7.05. The first-order valence-corrected chi connectivity index (χ1v) is 9.84. The Balaban J connectivity index is 2.35. The molecule has 1 N–H and O–H groups in total. The molecule has 27 heavy (non-hydrogen) atoms. The SMILES string of the molecule is COc1ccc(S(=O)(=O)NCc2ccc(OC)c(OC)c2OC)c(Cl)c1Cl. The fourth-order valence-electron chi connectivity index (χ4n) is 2.43. The van der Waals surface area contributed by atoms with Crippen molar-refractivity contribution in [2.24, 2.45) is 0 Å². The van der Waals surface area contributed by atoms with E-state index in [0.717, 1.165) is 0 Å². The Hall–Kier alpha value is -1.87. The van der Waals surface area contributed by atoms with Gasteiger partial charge in [0, 0.05) is 12.1 Å². The van der Waals surface area contributed by atoms with Crippen LogP contribution < -0.4 is 23.7 Å². The van der Waals surface area contributed by atoms with Crippen LogP contribution in [0.3, 0.4) is 0 Å². The van der Waals surface area contributed by atoms with Gasteiger partial charge in [-0.25, -0.2) is 13.1 Å². The minimum absolute atomic E-state index is 0.0192. The number of hydrogen-bond acceptors (Lipinski definition) is 6. The van der Waals surface area contributed by atoms with Gasteiger partial charge in [-0.3, -0.25) is 0 Å². The van der Waals surface area contributed by atoms with E-state index in [1.54, 1.807) is 12.1 Å². The van der Waals surface area contributed by atoms with Crippen molar-refractivity contribution in [3.05, 3.63) is 39.9 Å². The standard InChI is InChI=1S/C17H19Cl2NO6S/c1-23-11-7-8-13(15(19)14(11)18)27(21,22)20-9-10-5-6-12(24-2)17(26-4)16(10)25-3/h5-8,20H,9H2,1-4H3. The lowest BCUT2D eigenvalue weighted by Gasteiger charge is -2.16. The maximum Gasteiger partial charge on any atom is 0.242 e. The van der Waals surface area contributed by atoms with Gasteiger partial charge in [0.2, 0.25) is 15.8 Å². The first kappa shape index (κ1) is 21.4. The Morgan fingerprint density at radius 1 is 0.815 bits per heavy atom. The van der Waals surface area contributed by atoms with Crippen LogP contribution in [-0.4, -0.2) is 36.9 Å². The highest BCUT2D eigenvalue weighted by Gasteiger charge is 2.23. The molecule has 0 aliphatic carbocycles. The van der Waals surface area contributed by atoms with Gasteiger partial charge in [-0.1, -0.05) is 29.3 Å². The molecule has 0 heterocycles. The predicted octanol–water partition coefficient (Wildman–Crippen LogP) is 3.51. The Morgan fingerprint density at radius 2 is 1.41 bits per heavy atom. The highest BCUT2D eigenvalue weighted by molar-refractivity contribution is 7.89. The zero-order chi connectivity index (χ0) is 20.2. The summed E-state index contributed by atoms with van der Waals surface area (Å²) in [5, 5.41) is -0.103. The summed E-state index contributed by atoms with van der Waals surface area (Å²) in [7, 11) is 1.88. The lowest BCUT2D eigenvalue weighted by molar-refractivity contribution is 0.322. The largest absolute Gasteiger partial charge is 0.495 e. The van der Waals surface area contributed by atoms with E-state index in [-0.39, 0.29) is 27.2 Å². The summed E-state index contributed by atoms with van der Waals surface area (Å²) in [6.45, 7) is -0.0637. The van der Waals surface area contributed by atoms with E-state index in [4.69, 9.17) is 42.1 Å². The number of hydrogen-bond donors (Lipinski definition) is 1. The molecule has 0 saturated carbocycles. The topological polar surface area (TPSA) is 83.1 Å². The minimum atomic E-state index is -3.95. The van der Waals surface area contributed by atoms with Crippen LogP contribution in [0.1, 0.15) is 5.56 Å². The molecule has 0 spiro atoms. The number of ether oxygens (including phenoxy) is 4. The summed E-state index contributed by atoms with van der Waals surface area (Å²) in [5.41, 5.74) is 0.550. The van der Waals surface area contributed by atoms with Crippen LogP contribution in [-0.2, 0) is 16.6 Å². The highest BCUT2D eigenvalue weighted by Crippen LogP contribution is 2.40. The second-order valence-corrected chi connectivity index (χ2v) is 7.70. The summed E-state index contributed by atoms with van der Waals surface area (Å²) in [6, 6.07) is 6.08. The molecular formula is C17H19Cl2NO6S. The number of halogens is 2. The number of sulfonamides is 1. The first-order valence-electron chi connectivity index (χ1n) is 7.60. The summed E-state index contributed by atoms with van der Waals surface area (Å²) in [6.07, 6.45) is 0. The van der Waals surface area contributed by atoms with Gasteiger partial charge in [0.15, 0.2) is 11.5 Å². The summed E-state index contributed by atoms with van der Waals surface area (Å²) < 4.78 is 48.7. The number of rotatable bonds is 8. The van der Waals surface area contributed by atoms with Gasteiger partial charge in [0.1, 0.15) is 15.7 Å². The zero-order valence-corrected chi connectivity index (χ0v) is 17.5. The molecule has 0 aromatic heterocycles. The van der Waals surface area contributed by atoms with E-state index < -0.39 is 10.0 Å². The van der Waals surface area contributed by atoms with Crippen LogP contribution in [0, 0.1) is 0 Å². The van der Waals surface area contributed by atoms with Crippen molar-refractivity contribution in [1.29, 1.82) is 0 Å². The van der Waals surface area contributed by atoms with Crippen LogP contribution in [0.2, 0.25) is 10.0 Å². The molecule has 7 nitrogen and oxygen atoms in total.